The van der Waals surface area contributed by atoms with Gasteiger partial charge in [-0.15, -0.1) is 11.8 Å². The number of thioether (sulfide) groups is 1. The van der Waals surface area contributed by atoms with Crippen LogP contribution in [0.2, 0.25) is 0 Å². The summed E-state index contributed by atoms with van der Waals surface area (Å²) in [7, 11) is 0. The number of phenols is 1. The topological polar surface area (TPSA) is 20.2 Å². The molecule has 0 atom stereocenters. The van der Waals surface area contributed by atoms with Crippen molar-refractivity contribution < 1.29 is 9.50 Å². The molecule has 1 N–H and O–H groups in total. The lowest BCUT2D eigenvalue weighted by Gasteiger charge is -2.05. The number of halogens is 2. The number of hydrogen-bond donors (Lipinski definition) is 1. The number of hydrogen-bond acceptors (Lipinski definition) is 2. The first-order valence-electron chi connectivity index (χ1n) is 5.01. The third-order valence-corrected chi connectivity index (χ3v) is 3.87. The van der Waals surface area contributed by atoms with Crippen LogP contribution in [0.1, 0.15) is 5.56 Å². The molecule has 17 heavy (non-hydrogen) atoms. The Hall–Kier alpha value is -1.00. The minimum Gasteiger partial charge on any atom is -0.507 e. The van der Waals surface area contributed by atoms with Crippen molar-refractivity contribution in [3.63, 3.8) is 0 Å². The van der Waals surface area contributed by atoms with Gasteiger partial charge in [0.1, 0.15) is 11.6 Å². The van der Waals surface area contributed by atoms with E-state index in [1.807, 2.05) is 18.2 Å². The van der Waals surface area contributed by atoms with Gasteiger partial charge in [-0.05, 0) is 29.8 Å². The van der Waals surface area contributed by atoms with E-state index in [2.05, 4.69) is 15.9 Å². The van der Waals surface area contributed by atoms with Crippen molar-refractivity contribution in [2.75, 3.05) is 0 Å². The maximum absolute atomic E-state index is 13.5. The van der Waals surface area contributed by atoms with E-state index < -0.39 is 0 Å². The minimum absolute atomic E-state index is 0.231. The Labute approximate surface area is 112 Å². The Bertz CT molecular complexity index is 531. The summed E-state index contributed by atoms with van der Waals surface area (Å²) >= 11 is 4.63. The summed E-state index contributed by atoms with van der Waals surface area (Å²) in [5.41, 5.74) is 0.626. The van der Waals surface area contributed by atoms with E-state index in [0.717, 1.165) is 9.37 Å². The van der Waals surface area contributed by atoms with E-state index in [-0.39, 0.29) is 11.6 Å². The minimum atomic E-state index is -0.234. The SMILES string of the molecule is Oc1ccccc1SCc1ccc(Br)cc1F. The highest BCUT2D eigenvalue weighted by Crippen LogP contribution is 2.31. The van der Waals surface area contributed by atoms with Crippen LogP contribution in [-0.4, -0.2) is 5.11 Å². The van der Waals surface area contributed by atoms with Crippen molar-refractivity contribution in [3.8, 4) is 5.75 Å². The molecule has 2 aromatic carbocycles. The van der Waals surface area contributed by atoms with E-state index in [4.69, 9.17) is 0 Å². The fourth-order valence-electron chi connectivity index (χ4n) is 1.37. The molecular formula is C13H10BrFOS. The fourth-order valence-corrected chi connectivity index (χ4v) is 2.64. The Morgan fingerprint density at radius 1 is 1.18 bits per heavy atom. The molecule has 0 aliphatic rings. The molecule has 0 saturated heterocycles. The summed E-state index contributed by atoms with van der Waals surface area (Å²) < 4.78 is 14.3. The monoisotopic (exact) mass is 312 g/mol. The summed E-state index contributed by atoms with van der Waals surface area (Å²) in [4.78, 5) is 0.759. The smallest absolute Gasteiger partial charge is 0.129 e. The van der Waals surface area contributed by atoms with Crippen LogP contribution >= 0.6 is 27.7 Å². The van der Waals surface area contributed by atoms with E-state index in [9.17, 15) is 9.50 Å². The summed E-state index contributed by atoms with van der Waals surface area (Å²) in [5, 5.41) is 9.58. The average Bonchev–Trinajstić information content (AvgIpc) is 2.30. The van der Waals surface area contributed by atoms with Crippen LogP contribution in [-0.2, 0) is 5.75 Å². The quantitative estimate of drug-likeness (QED) is 0.837. The van der Waals surface area contributed by atoms with Gasteiger partial charge in [-0.1, -0.05) is 34.1 Å². The number of para-hydroxylation sites is 1. The molecule has 0 aromatic heterocycles. The molecule has 0 bridgehead atoms. The van der Waals surface area contributed by atoms with E-state index in [0.29, 0.717) is 11.3 Å². The molecule has 2 rings (SSSR count). The van der Waals surface area contributed by atoms with Crippen LogP contribution in [0.25, 0.3) is 0 Å². The molecule has 88 valence electrons. The van der Waals surface area contributed by atoms with Crippen molar-refractivity contribution in [1.29, 1.82) is 0 Å². The standard InChI is InChI=1S/C13H10BrFOS/c14-10-6-5-9(11(15)7-10)8-17-13-4-2-1-3-12(13)16/h1-7,16H,8H2. The molecule has 4 heteroatoms. The molecular weight excluding hydrogens is 303 g/mol. The number of phenolic OH excluding ortho intramolecular Hbond substituents is 1. The summed E-state index contributed by atoms with van der Waals surface area (Å²) in [6.07, 6.45) is 0. The molecule has 0 spiro atoms. The number of rotatable bonds is 3. The van der Waals surface area contributed by atoms with Crippen molar-refractivity contribution in [3.05, 3.63) is 58.3 Å². The first-order valence-corrected chi connectivity index (χ1v) is 6.79. The van der Waals surface area contributed by atoms with Crippen LogP contribution in [0.4, 0.5) is 4.39 Å². The molecule has 0 heterocycles. The fraction of sp³-hybridized carbons (Fsp3) is 0.0769. The van der Waals surface area contributed by atoms with Gasteiger partial charge in [0.15, 0.2) is 0 Å². The van der Waals surface area contributed by atoms with Gasteiger partial charge in [0.2, 0.25) is 0 Å². The predicted molar refractivity (Wildman–Crippen MR) is 71.8 cm³/mol. The van der Waals surface area contributed by atoms with Crippen molar-refractivity contribution in [1.82, 2.24) is 0 Å². The van der Waals surface area contributed by atoms with Crippen LogP contribution < -0.4 is 0 Å². The Morgan fingerprint density at radius 2 is 1.94 bits per heavy atom. The third-order valence-electron chi connectivity index (χ3n) is 2.26. The van der Waals surface area contributed by atoms with Gasteiger partial charge >= 0.3 is 0 Å². The van der Waals surface area contributed by atoms with Crippen LogP contribution in [0.5, 0.6) is 5.75 Å². The van der Waals surface area contributed by atoms with Gasteiger partial charge in [0.25, 0.3) is 0 Å². The van der Waals surface area contributed by atoms with Gasteiger partial charge in [0, 0.05) is 15.1 Å². The Balaban J connectivity index is 2.10. The summed E-state index contributed by atoms with van der Waals surface area (Å²) in [6, 6.07) is 12.0. The van der Waals surface area contributed by atoms with Crippen molar-refractivity contribution >= 4 is 27.7 Å². The first-order chi connectivity index (χ1) is 8.16. The highest BCUT2D eigenvalue weighted by atomic mass is 79.9. The maximum Gasteiger partial charge on any atom is 0.129 e. The van der Waals surface area contributed by atoms with Gasteiger partial charge in [0.05, 0.1) is 0 Å². The molecule has 0 unspecified atom stereocenters. The maximum atomic E-state index is 13.5. The molecule has 0 amide bonds. The van der Waals surface area contributed by atoms with Gasteiger partial charge in [-0.25, -0.2) is 4.39 Å². The van der Waals surface area contributed by atoms with Crippen molar-refractivity contribution in [2.45, 2.75) is 10.6 Å². The van der Waals surface area contributed by atoms with Crippen LogP contribution in [0.3, 0.4) is 0 Å². The largest absolute Gasteiger partial charge is 0.507 e. The molecule has 0 fully saturated rings. The van der Waals surface area contributed by atoms with E-state index >= 15 is 0 Å². The molecule has 2 aromatic rings. The average molecular weight is 313 g/mol. The lowest BCUT2D eigenvalue weighted by atomic mass is 10.2. The second-order valence-electron chi connectivity index (χ2n) is 3.49. The zero-order chi connectivity index (χ0) is 12.3. The highest BCUT2D eigenvalue weighted by Gasteiger charge is 2.05. The highest BCUT2D eigenvalue weighted by molar-refractivity contribution is 9.10. The van der Waals surface area contributed by atoms with Gasteiger partial charge in [-0.3, -0.25) is 0 Å². The van der Waals surface area contributed by atoms with Crippen LogP contribution in [0, 0.1) is 5.82 Å². The van der Waals surface area contributed by atoms with E-state index in [1.165, 1.54) is 17.8 Å². The van der Waals surface area contributed by atoms with Crippen LogP contribution in [0.15, 0.2) is 51.8 Å². The molecule has 0 saturated carbocycles. The zero-order valence-corrected chi connectivity index (χ0v) is 11.3. The summed E-state index contributed by atoms with van der Waals surface area (Å²) in [6.45, 7) is 0. The van der Waals surface area contributed by atoms with Gasteiger partial charge in [-0.2, -0.15) is 0 Å². The Kier molecular flexibility index (Phi) is 4.07. The number of aromatic hydroxyl groups is 1. The normalized spacial score (nSPS) is 10.5. The lowest BCUT2D eigenvalue weighted by molar-refractivity contribution is 0.462. The second-order valence-corrected chi connectivity index (χ2v) is 5.42. The first kappa shape index (κ1) is 12.5. The predicted octanol–water partition coefficient (Wildman–Crippen LogP) is 4.59. The molecule has 0 radical (unpaired) electrons. The Morgan fingerprint density at radius 3 is 2.65 bits per heavy atom. The van der Waals surface area contributed by atoms with E-state index in [1.54, 1.807) is 18.2 Å². The molecule has 1 nitrogen and oxygen atoms in total. The lowest BCUT2D eigenvalue weighted by Crippen LogP contribution is -1.87. The third kappa shape index (κ3) is 3.23. The van der Waals surface area contributed by atoms with Gasteiger partial charge < -0.3 is 5.11 Å². The zero-order valence-electron chi connectivity index (χ0n) is 8.86. The number of benzene rings is 2. The molecule has 0 aliphatic heterocycles. The molecule has 0 aliphatic carbocycles. The second kappa shape index (κ2) is 5.56. The van der Waals surface area contributed by atoms with Crippen molar-refractivity contribution in [2.24, 2.45) is 0 Å². The summed E-state index contributed by atoms with van der Waals surface area (Å²) in [5.74, 6) is 0.494.